The molecule has 0 unspecified atom stereocenters. The van der Waals surface area contributed by atoms with Crippen molar-refractivity contribution in [1.82, 2.24) is 20.5 Å². The molecule has 0 aliphatic carbocycles. The minimum absolute atomic E-state index is 0.0470. The lowest BCUT2D eigenvalue weighted by atomic mass is 10.1. The van der Waals surface area contributed by atoms with Crippen LogP contribution >= 0.6 is 0 Å². The second kappa shape index (κ2) is 6.49. The van der Waals surface area contributed by atoms with Crippen molar-refractivity contribution in [2.45, 2.75) is 20.4 Å². The van der Waals surface area contributed by atoms with Gasteiger partial charge in [-0.1, -0.05) is 18.2 Å². The van der Waals surface area contributed by atoms with E-state index in [4.69, 9.17) is 4.42 Å². The number of nitrogens with one attached hydrogen (secondary N) is 2. The molecule has 2 aromatic heterocycles. The van der Waals surface area contributed by atoms with Gasteiger partial charge in [0, 0.05) is 11.3 Å². The van der Waals surface area contributed by atoms with E-state index in [1.165, 1.54) is 0 Å². The van der Waals surface area contributed by atoms with Gasteiger partial charge in [-0.15, -0.1) is 10.2 Å². The molecule has 2 heterocycles. The molecule has 0 radical (unpaired) electrons. The van der Waals surface area contributed by atoms with E-state index >= 15 is 0 Å². The van der Waals surface area contributed by atoms with Gasteiger partial charge in [-0.25, -0.2) is 0 Å². The summed E-state index contributed by atoms with van der Waals surface area (Å²) in [5.41, 5.74) is 1.79. The number of H-pyrrole nitrogens is 1. The smallest absolute Gasteiger partial charge is 0.261 e. The number of amides is 1. The van der Waals surface area contributed by atoms with Gasteiger partial charge in [-0.3, -0.25) is 9.59 Å². The molecule has 3 aromatic rings. The van der Waals surface area contributed by atoms with Crippen LogP contribution in [0.1, 0.15) is 27.5 Å². The van der Waals surface area contributed by atoms with Crippen molar-refractivity contribution >= 4 is 5.91 Å². The summed E-state index contributed by atoms with van der Waals surface area (Å²) < 4.78 is 5.51. The van der Waals surface area contributed by atoms with Crippen LogP contribution < -0.4 is 10.9 Å². The highest BCUT2D eigenvalue weighted by atomic mass is 16.4. The van der Waals surface area contributed by atoms with E-state index in [1.807, 2.05) is 30.3 Å². The molecule has 24 heavy (non-hydrogen) atoms. The Bertz CT molecular complexity index is 929. The molecule has 0 atom stereocenters. The second-order valence-electron chi connectivity index (χ2n) is 5.39. The van der Waals surface area contributed by atoms with Crippen LogP contribution in [-0.2, 0) is 6.54 Å². The molecule has 0 aliphatic heterocycles. The van der Waals surface area contributed by atoms with E-state index in [0.717, 1.165) is 5.56 Å². The van der Waals surface area contributed by atoms with Gasteiger partial charge in [0.1, 0.15) is 5.56 Å². The minimum atomic E-state index is -0.479. The Labute approximate surface area is 137 Å². The van der Waals surface area contributed by atoms with Crippen molar-refractivity contribution in [1.29, 1.82) is 0 Å². The lowest BCUT2D eigenvalue weighted by Gasteiger charge is -2.06. The monoisotopic (exact) mass is 324 g/mol. The Morgan fingerprint density at radius 3 is 2.67 bits per heavy atom. The average Bonchev–Trinajstić information content (AvgIpc) is 3.02. The molecule has 2 N–H and O–H groups in total. The van der Waals surface area contributed by atoms with Crippen molar-refractivity contribution in [3.05, 3.63) is 69.5 Å². The molecule has 7 nitrogen and oxygen atoms in total. The topological polar surface area (TPSA) is 101 Å². The minimum Gasteiger partial charge on any atom is -0.419 e. The number of carbonyl (C=O) groups excluding carboxylic acids is 1. The summed E-state index contributed by atoms with van der Waals surface area (Å²) in [7, 11) is 0. The Morgan fingerprint density at radius 2 is 1.96 bits per heavy atom. The van der Waals surface area contributed by atoms with Crippen LogP contribution in [0.15, 0.2) is 45.6 Å². The van der Waals surface area contributed by atoms with E-state index in [-0.39, 0.29) is 18.0 Å². The van der Waals surface area contributed by atoms with Crippen molar-refractivity contribution in [3.63, 3.8) is 0 Å². The highest BCUT2D eigenvalue weighted by Crippen LogP contribution is 2.16. The first-order chi connectivity index (χ1) is 11.5. The maximum atomic E-state index is 12.2. The largest absolute Gasteiger partial charge is 0.419 e. The average molecular weight is 324 g/mol. The highest BCUT2D eigenvalue weighted by Gasteiger charge is 2.15. The molecule has 1 aromatic carbocycles. The Hall–Kier alpha value is -3.22. The first-order valence-corrected chi connectivity index (χ1v) is 7.41. The molecule has 122 valence electrons. The normalized spacial score (nSPS) is 10.6. The molecule has 0 saturated heterocycles. The third-order valence-electron chi connectivity index (χ3n) is 3.48. The predicted octanol–water partition coefficient (Wildman–Crippen LogP) is 1.97. The molecular weight excluding hydrogens is 308 g/mol. The Balaban J connectivity index is 1.72. The van der Waals surface area contributed by atoms with Gasteiger partial charge in [0.05, 0.1) is 6.54 Å². The Kier molecular flexibility index (Phi) is 4.24. The van der Waals surface area contributed by atoms with Crippen molar-refractivity contribution in [2.75, 3.05) is 0 Å². The molecule has 1 amide bonds. The summed E-state index contributed by atoms with van der Waals surface area (Å²) in [5.74, 6) is 0.167. The quantitative estimate of drug-likeness (QED) is 0.764. The van der Waals surface area contributed by atoms with E-state index in [0.29, 0.717) is 17.1 Å². The molecular formula is C17H16N4O3. The number of benzene rings is 1. The molecule has 7 heteroatoms. The molecule has 0 fully saturated rings. The van der Waals surface area contributed by atoms with Gasteiger partial charge < -0.3 is 14.7 Å². The Morgan fingerprint density at radius 1 is 1.21 bits per heavy atom. The summed E-state index contributed by atoms with van der Waals surface area (Å²) in [6.45, 7) is 3.53. The first-order valence-electron chi connectivity index (χ1n) is 7.41. The summed E-state index contributed by atoms with van der Waals surface area (Å²) in [4.78, 5) is 26.8. The van der Waals surface area contributed by atoms with Crippen molar-refractivity contribution < 1.29 is 9.21 Å². The zero-order valence-electron chi connectivity index (χ0n) is 13.3. The number of carbonyl (C=O) groups is 1. The zero-order chi connectivity index (χ0) is 17.1. The zero-order valence-corrected chi connectivity index (χ0v) is 13.3. The number of hydrogen-bond donors (Lipinski definition) is 2. The van der Waals surface area contributed by atoms with Crippen molar-refractivity contribution in [2.24, 2.45) is 0 Å². The van der Waals surface area contributed by atoms with Gasteiger partial charge in [0.15, 0.2) is 0 Å². The van der Waals surface area contributed by atoms with Crippen LogP contribution in [-0.4, -0.2) is 21.1 Å². The third kappa shape index (κ3) is 3.24. The maximum Gasteiger partial charge on any atom is 0.261 e. The fraction of sp³-hybridized carbons (Fsp3) is 0.176. The standard InChI is InChI=1S/C17H16N4O3/c1-10-8-11(2)19-16(23)14(10)15(22)18-9-13-20-21-17(24-13)12-6-4-3-5-7-12/h3-8H,9H2,1-2H3,(H,18,22)(H,19,23). The van der Waals surface area contributed by atoms with Gasteiger partial charge in [-0.2, -0.15) is 0 Å². The molecule has 0 saturated carbocycles. The molecule has 0 bridgehead atoms. The van der Waals surface area contributed by atoms with Crippen LogP contribution in [0.25, 0.3) is 11.5 Å². The molecule has 0 aliphatic rings. The van der Waals surface area contributed by atoms with Gasteiger partial charge in [0.2, 0.25) is 11.8 Å². The SMILES string of the molecule is Cc1cc(C)c(C(=O)NCc2nnc(-c3ccccc3)o2)c(=O)[nH]1. The fourth-order valence-electron chi connectivity index (χ4n) is 2.40. The number of hydrogen-bond acceptors (Lipinski definition) is 5. The van der Waals surface area contributed by atoms with Gasteiger partial charge in [0.25, 0.3) is 11.5 Å². The number of aromatic amines is 1. The predicted molar refractivity (Wildman–Crippen MR) is 87.4 cm³/mol. The van der Waals surface area contributed by atoms with Gasteiger partial charge in [-0.05, 0) is 37.6 Å². The number of rotatable bonds is 4. The maximum absolute atomic E-state index is 12.2. The van der Waals surface area contributed by atoms with Crippen LogP contribution in [0.2, 0.25) is 0 Å². The number of aromatic nitrogens is 3. The van der Waals surface area contributed by atoms with Crippen LogP contribution in [0.5, 0.6) is 0 Å². The fourth-order valence-corrected chi connectivity index (χ4v) is 2.40. The number of aryl methyl sites for hydroxylation is 2. The van der Waals surface area contributed by atoms with E-state index in [1.54, 1.807) is 19.9 Å². The lowest BCUT2D eigenvalue weighted by Crippen LogP contribution is -2.30. The summed E-state index contributed by atoms with van der Waals surface area (Å²) in [6.07, 6.45) is 0. The number of pyridine rings is 1. The number of nitrogens with zero attached hydrogens (tertiary/aromatic N) is 2. The summed E-state index contributed by atoms with van der Waals surface area (Å²) in [6, 6.07) is 11.1. The highest BCUT2D eigenvalue weighted by molar-refractivity contribution is 5.95. The van der Waals surface area contributed by atoms with Crippen LogP contribution in [0.4, 0.5) is 0 Å². The first kappa shape index (κ1) is 15.7. The van der Waals surface area contributed by atoms with Crippen LogP contribution in [0.3, 0.4) is 0 Å². The van der Waals surface area contributed by atoms with E-state index in [9.17, 15) is 9.59 Å². The van der Waals surface area contributed by atoms with Crippen molar-refractivity contribution in [3.8, 4) is 11.5 Å². The van der Waals surface area contributed by atoms with Crippen LogP contribution in [0, 0.1) is 13.8 Å². The molecule has 3 rings (SSSR count). The summed E-state index contributed by atoms with van der Waals surface area (Å²) in [5, 5.41) is 10.5. The lowest BCUT2D eigenvalue weighted by molar-refractivity contribution is 0.0945. The molecule has 0 spiro atoms. The van der Waals surface area contributed by atoms with E-state index in [2.05, 4.69) is 20.5 Å². The third-order valence-corrected chi connectivity index (χ3v) is 3.48. The summed E-state index contributed by atoms with van der Waals surface area (Å²) >= 11 is 0. The van der Waals surface area contributed by atoms with Gasteiger partial charge >= 0.3 is 0 Å². The van der Waals surface area contributed by atoms with E-state index < -0.39 is 11.5 Å². The second-order valence-corrected chi connectivity index (χ2v) is 5.39.